The van der Waals surface area contributed by atoms with Gasteiger partial charge in [-0.3, -0.25) is 14.5 Å². The van der Waals surface area contributed by atoms with Crippen LogP contribution in [0.5, 0.6) is 11.5 Å². The van der Waals surface area contributed by atoms with Gasteiger partial charge < -0.3 is 24.5 Å². The Labute approximate surface area is 183 Å². The molecule has 0 aliphatic carbocycles. The maximum absolute atomic E-state index is 13.1. The van der Waals surface area contributed by atoms with Crippen LogP contribution in [-0.4, -0.2) is 36.1 Å². The number of imide groups is 1. The van der Waals surface area contributed by atoms with Gasteiger partial charge in [0.25, 0.3) is 5.91 Å². The Balaban J connectivity index is 1.29. The largest absolute Gasteiger partial charge is 0.459 e. The third-order valence-corrected chi connectivity index (χ3v) is 5.78. The van der Waals surface area contributed by atoms with Gasteiger partial charge in [-0.05, 0) is 43.7 Å². The van der Waals surface area contributed by atoms with E-state index in [1.54, 1.807) is 32.0 Å². The van der Waals surface area contributed by atoms with E-state index in [1.165, 1.54) is 0 Å². The molecule has 1 fully saturated rings. The summed E-state index contributed by atoms with van der Waals surface area (Å²) >= 11 is 0. The third-order valence-electron chi connectivity index (χ3n) is 5.78. The first-order chi connectivity index (χ1) is 15.3. The molecule has 1 saturated heterocycles. The molecule has 0 spiro atoms. The number of fused-ring (bicyclic) bond motifs is 2. The molecule has 2 unspecified atom stereocenters. The predicted molar refractivity (Wildman–Crippen MR) is 113 cm³/mol. The third kappa shape index (κ3) is 3.22. The number of carbonyl (C=O) groups is 3. The summed E-state index contributed by atoms with van der Waals surface area (Å²) in [5, 5.41) is 6.40. The molecule has 4 amide bonds. The Morgan fingerprint density at radius 3 is 2.75 bits per heavy atom. The molecule has 3 aromatic rings. The standard InChI is InChI=1S/C23H21N3O6/c1-13(18-9-14-5-3-4-6-16(14)32-18)24-20(27)11-26-21(28)23(2,25-22(26)29)15-7-8-17-19(10-15)31-12-30-17/h3-10,13H,11-12H2,1-2H3,(H,24,27)(H,25,29). The van der Waals surface area contributed by atoms with E-state index < -0.39 is 36.0 Å². The average Bonchev–Trinajstić information content (AvgIpc) is 3.47. The number of amides is 4. The van der Waals surface area contributed by atoms with Crippen LogP contribution in [0.3, 0.4) is 0 Å². The Kier molecular flexibility index (Phi) is 4.54. The summed E-state index contributed by atoms with van der Waals surface area (Å²) in [5.74, 6) is 0.665. The van der Waals surface area contributed by atoms with Gasteiger partial charge in [-0.1, -0.05) is 24.3 Å². The fraction of sp³-hybridized carbons (Fsp3) is 0.261. The molecule has 2 aromatic carbocycles. The average molecular weight is 435 g/mol. The van der Waals surface area contributed by atoms with E-state index in [9.17, 15) is 14.4 Å². The van der Waals surface area contributed by atoms with Gasteiger partial charge in [0.15, 0.2) is 11.5 Å². The van der Waals surface area contributed by atoms with Crippen LogP contribution < -0.4 is 20.1 Å². The number of hydrogen-bond donors (Lipinski definition) is 2. The first-order valence-electron chi connectivity index (χ1n) is 10.2. The number of urea groups is 1. The normalized spacial score (nSPS) is 20.5. The zero-order chi connectivity index (χ0) is 22.5. The summed E-state index contributed by atoms with van der Waals surface area (Å²) in [6.45, 7) is 3.07. The summed E-state index contributed by atoms with van der Waals surface area (Å²) in [5.41, 5.74) is -0.0567. The first-order valence-corrected chi connectivity index (χ1v) is 10.2. The SMILES string of the molecule is CC(NC(=O)CN1C(=O)NC(C)(c2ccc3c(c2)OCO3)C1=O)c1cc2ccccc2o1. The highest BCUT2D eigenvalue weighted by molar-refractivity contribution is 6.09. The number of furan rings is 1. The Morgan fingerprint density at radius 2 is 1.94 bits per heavy atom. The fourth-order valence-corrected chi connectivity index (χ4v) is 3.96. The minimum Gasteiger partial charge on any atom is -0.459 e. The molecule has 2 atom stereocenters. The van der Waals surface area contributed by atoms with E-state index in [2.05, 4.69) is 10.6 Å². The predicted octanol–water partition coefficient (Wildman–Crippen LogP) is 2.81. The molecule has 164 valence electrons. The smallest absolute Gasteiger partial charge is 0.325 e. The molecule has 9 heteroatoms. The van der Waals surface area contributed by atoms with Crippen molar-refractivity contribution in [3.05, 3.63) is 59.9 Å². The lowest BCUT2D eigenvalue weighted by atomic mass is 9.91. The van der Waals surface area contributed by atoms with Gasteiger partial charge in [0, 0.05) is 5.39 Å². The summed E-state index contributed by atoms with van der Waals surface area (Å²) in [7, 11) is 0. The van der Waals surface area contributed by atoms with Crippen LogP contribution in [0.15, 0.2) is 52.9 Å². The van der Waals surface area contributed by atoms with E-state index in [0.29, 0.717) is 22.8 Å². The number of benzene rings is 2. The summed E-state index contributed by atoms with van der Waals surface area (Å²) < 4.78 is 16.4. The molecule has 3 heterocycles. The first kappa shape index (κ1) is 19.9. The molecule has 0 bridgehead atoms. The van der Waals surface area contributed by atoms with Gasteiger partial charge in [-0.15, -0.1) is 0 Å². The van der Waals surface area contributed by atoms with Gasteiger partial charge in [-0.25, -0.2) is 4.79 Å². The lowest BCUT2D eigenvalue weighted by Gasteiger charge is -2.22. The van der Waals surface area contributed by atoms with Crippen LogP contribution in [-0.2, 0) is 15.1 Å². The van der Waals surface area contributed by atoms with Crippen molar-refractivity contribution < 1.29 is 28.3 Å². The highest BCUT2D eigenvalue weighted by Gasteiger charge is 2.50. The number of hydrogen-bond acceptors (Lipinski definition) is 6. The van der Waals surface area contributed by atoms with Crippen molar-refractivity contribution >= 4 is 28.8 Å². The molecule has 1 aromatic heterocycles. The number of rotatable bonds is 5. The summed E-state index contributed by atoms with van der Waals surface area (Å²) in [4.78, 5) is 39.2. The molecule has 0 radical (unpaired) electrons. The minimum atomic E-state index is -1.32. The Bertz CT molecular complexity index is 1220. The van der Waals surface area contributed by atoms with Gasteiger partial charge in [-0.2, -0.15) is 0 Å². The van der Waals surface area contributed by atoms with Crippen LogP contribution >= 0.6 is 0 Å². The second kappa shape index (κ2) is 7.30. The van der Waals surface area contributed by atoms with Crippen molar-refractivity contribution in [1.29, 1.82) is 0 Å². The minimum absolute atomic E-state index is 0.103. The second-order valence-corrected chi connectivity index (χ2v) is 7.99. The molecule has 2 aliphatic heterocycles. The molecule has 9 nitrogen and oxygen atoms in total. The Hall–Kier alpha value is -4.01. The number of carbonyl (C=O) groups excluding carboxylic acids is 3. The van der Waals surface area contributed by atoms with Crippen molar-refractivity contribution in [2.75, 3.05) is 13.3 Å². The number of ether oxygens (including phenoxy) is 2. The van der Waals surface area contributed by atoms with Crippen molar-refractivity contribution in [1.82, 2.24) is 15.5 Å². The van der Waals surface area contributed by atoms with Gasteiger partial charge in [0.1, 0.15) is 23.4 Å². The fourth-order valence-electron chi connectivity index (χ4n) is 3.96. The van der Waals surface area contributed by atoms with Crippen LogP contribution in [0.4, 0.5) is 4.79 Å². The molecular weight excluding hydrogens is 414 g/mol. The van der Waals surface area contributed by atoms with Crippen molar-refractivity contribution in [3.8, 4) is 11.5 Å². The van der Waals surface area contributed by atoms with Crippen molar-refractivity contribution in [2.24, 2.45) is 0 Å². The molecule has 2 N–H and O–H groups in total. The summed E-state index contributed by atoms with van der Waals surface area (Å²) in [6.07, 6.45) is 0. The quantitative estimate of drug-likeness (QED) is 0.597. The zero-order valence-electron chi connectivity index (χ0n) is 17.5. The molecule has 0 saturated carbocycles. The van der Waals surface area contributed by atoms with E-state index in [1.807, 2.05) is 30.3 Å². The van der Waals surface area contributed by atoms with Crippen LogP contribution in [0.25, 0.3) is 11.0 Å². The molecule has 32 heavy (non-hydrogen) atoms. The van der Waals surface area contributed by atoms with E-state index in [4.69, 9.17) is 13.9 Å². The van der Waals surface area contributed by atoms with Crippen LogP contribution in [0.1, 0.15) is 31.2 Å². The van der Waals surface area contributed by atoms with Gasteiger partial charge in [0.05, 0.1) is 6.04 Å². The zero-order valence-corrected chi connectivity index (χ0v) is 17.5. The number of para-hydroxylation sites is 1. The van der Waals surface area contributed by atoms with Gasteiger partial charge in [0.2, 0.25) is 12.7 Å². The maximum Gasteiger partial charge on any atom is 0.325 e. The van der Waals surface area contributed by atoms with E-state index >= 15 is 0 Å². The Morgan fingerprint density at radius 1 is 1.16 bits per heavy atom. The van der Waals surface area contributed by atoms with Crippen LogP contribution in [0.2, 0.25) is 0 Å². The van der Waals surface area contributed by atoms with Crippen molar-refractivity contribution in [3.63, 3.8) is 0 Å². The number of nitrogens with zero attached hydrogens (tertiary/aromatic N) is 1. The lowest BCUT2D eigenvalue weighted by Crippen LogP contribution is -2.43. The van der Waals surface area contributed by atoms with Crippen molar-refractivity contribution in [2.45, 2.75) is 25.4 Å². The highest BCUT2D eigenvalue weighted by atomic mass is 16.7. The van der Waals surface area contributed by atoms with Crippen LogP contribution in [0, 0.1) is 0 Å². The van der Waals surface area contributed by atoms with Gasteiger partial charge >= 0.3 is 6.03 Å². The molecule has 2 aliphatic rings. The topological polar surface area (TPSA) is 110 Å². The highest BCUT2D eigenvalue weighted by Crippen LogP contribution is 2.37. The molecular formula is C23H21N3O6. The second-order valence-electron chi connectivity index (χ2n) is 7.99. The monoisotopic (exact) mass is 435 g/mol. The lowest BCUT2D eigenvalue weighted by molar-refractivity contribution is -0.135. The van der Waals surface area contributed by atoms with E-state index in [-0.39, 0.29) is 6.79 Å². The summed E-state index contributed by atoms with van der Waals surface area (Å²) in [6, 6.07) is 13.4. The van der Waals surface area contributed by atoms with E-state index in [0.717, 1.165) is 15.9 Å². The maximum atomic E-state index is 13.1. The number of nitrogens with one attached hydrogen (secondary N) is 2. The molecule has 5 rings (SSSR count).